The van der Waals surface area contributed by atoms with Crippen LogP contribution in [0.1, 0.15) is 59.5 Å². The number of aromatic nitrogens is 1. The molecule has 0 aliphatic heterocycles. The highest BCUT2D eigenvalue weighted by Gasteiger charge is 2.29. The maximum atomic E-state index is 9.99. The van der Waals surface area contributed by atoms with Gasteiger partial charge >= 0.3 is 0 Å². The molecule has 1 fully saturated rings. The lowest BCUT2D eigenvalue weighted by Crippen LogP contribution is -2.36. The van der Waals surface area contributed by atoms with Gasteiger partial charge in [0.25, 0.3) is 0 Å². The molecule has 3 aromatic carbocycles. The minimum atomic E-state index is 0.633. The molecular formula is C33H31N2O+. The van der Waals surface area contributed by atoms with Crippen molar-refractivity contribution in [2.75, 3.05) is 0 Å². The zero-order valence-electron chi connectivity index (χ0n) is 21.5. The lowest BCUT2D eigenvalue weighted by atomic mass is 9.90. The highest BCUT2D eigenvalue weighted by molar-refractivity contribution is 6.15. The fraction of sp³-hybridized carbons (Fsp3) is 0.273. The Morgan fingerprint density at radius 3 is 2.39 bits per heavy atom. The van der Waals surface area contributed by atoms with Gasteiger partial charge < -0.3 is 4.42 Å². The number of benzene rings is 3. The van der Waals surface area contributed by atoms with Crippen molar-refractivity contribution >= 4 is 21.9 Å². The number of hydrogen-bond acceptors (Lipinski definition) is 2. The highest BCUT2D eigenvalue weighted by Crippen LogP contribution is 2.43. The number of aryl methyl sites for hydroxylation is 1. The standard InChI is InChI=1S/C33H31N2O/c1-20-14-16-27-31-25(19-34)15-17-26(23-10-6-5-7-11-23)32(31)36-33(27)30(20)29-18-28(24-12-8-9-13-24)21(2)22(3)35(29)4/h5-7,10-11,14-18,24H,8-9,12-13H2,1-4H3/q+1. The second kappa shape index (κ2) is 8.64. The van der Waals surface area contributed by atoms with Crippen molar-refractivity contribution in [1.29, 1.82) is 5.26 Å². The number of furan rings is 1. The van der Waals surface area contributed by atoms with Gasteiger partial charge in [-0.3, -0.25) is 0 Å². The molecule has 0 spiro atoms. The quantitative estimate of drug-likeness (QED) is 0.249. The van der Waals surface area contributed by atoms with Gasteiger partial charge in [-0.2, -0.15) is 9.83 Å². The van der Waals surface area contributed by atoms with Gasteiger partial charge in [-0.15, -0.1) is 0 Å². The molecule has 0 N–H and O–H groups in total. The predicted octanol–water partition coefficient (Wildman–Crippen LogP) is 8.20. The third-order valence-electron chi connectivity index (χ3n) is 8.39. The molecule has 0 unspecified atom stereocenters. The van der Waals surface area contributed by atoms with E-state index in [1.165, 1.54) is 53.8 Å². The lowest BCUT2D eigenvalue weighted by Gasteiger charge is -2.16. The first-order valence-electron chi connectivity index (χ1n) is 12.9. The molecular weight excluding hydrogens is 440 g/mol. The third kappa shape index (κ3) is 3.36. The Labute approximate surface area is 212 Å². The highest BCUT2D eigenvalue weighted by atomic mass is 16.3. The molecule has 0 amide bonds. The Hall–Kier alpha value is -3.90. The van der Waals surface area contributed by atoms with Crippen molar-refractivity contribution < 1.29 is 8.98 Å². The van der Waals surface area contributed by atoms with Crippen LogP contribution >= 0.6 is 0 Å². The Bertz CT molecular complexity index is 1680. The van der Waals surface area contributed by atoms with Crippen LogP contribution in [-0.2, 0) is 7.05 Å². The summed E-state index contributed by atoms with van der Waals surface area (Å²) in [6.45, 7) is 6.66. The van der Waals surface area contributed by atoms with Crippen LogP contribution in [0.15, 0.2) is 65.1 Å². The number of fused-ring (bicyclic) bond motifs is 3. The molecule has 3 nitrogen and oxygen atoms in total. The van der Waals surface area contributed by atoms with Gasteiger partial charge in [-0.1, -0.05) is 55.3 Å². The van der Waals surface area contributed by atoms with Crippen molar-refractivity contribution in [1.82, 2.24) is 0 Å². The summed E-state index contributed by atoms with van der Waals surface area (Å²) in [5, 5.41) is 11.9. The molecule has 2 aromatic heterocycles. The van der Waals surface area contributed by atoms with E-state index in [9.17, 15) is 5.26 Å². The molecule has 1 aliphatic rings. The van der Waals surface area contributed by atoms with Gasteiger partial charge in [0, 0.05) is 34.9 Å². The van der Waals surface area contributed by atoms with E-state index in [1.54, 1.807) is 0 Å². The monoisotopic (exact) mass is 471 g/mol. The van der Waals surface area contributed by atoms with Crippen LogP contribution in [0.3, 0.4) is 0 Å². The van der Waals surface area contributed by atoms with E-state index in [2.05, 4.69) is 68.8 Å². The Morgan fingerprint density at radius 1 is 0.917 bits per heavy atom. The fourth-order valence-electron chi connectivity index (χ4n) is 6.19. The van der Waals surface area contributed by atoms with Crippen molar-refractivity contribution in [3.05, 3.63) is 88.6 Å². The molecule has 0 bridgehead atoms. The SMILES string of the molecule is Cc1ccc2c(oc3c(-c4ccccc4)ccc(C#N)c32)c1-c1cc(C2CCCC2)c(C)c(C)[n+]1C. The zero-order chi connectivity index (χ0) is 25.0. The summed E-state index contributed by atoms with van der Waals surface area (Å²) in [5.41, 5.74) is 12.1. The van der Waals surface area contributed by atoms with Crippen molar-refractivity contribution in [3.8, 4) is 28.5 Å². The maximum absolute atomic E-state index is 9.99. The summed E-state index contributed by atoms with van der Waals surface area (Å²) in [6.07, 6.45) is 5.17. The number of hydrogen-bond donors (Lipinski definition) is 0. The van der Waals surface area contributed by atoms with Crippen LogP contribution in [0.2, 0.25) is 0 Å². The molecule has 0 atom stereocenters. The normalized spacial score (nSPS) is 14.1. The summed E-state index contributed by atoms with van der Waals surface area (Å²) in [7, 11) is 2.16. The first-order chi connectivity index (χ1) is 17.5. The van der Waals surface area contributed by atoms with Crippen LogP contribution in [0.25, 0.3) is 44.3 Å². The van der Waals surface area contributed by atoms with Crippen LogP contribution in [0.5, 0.6) is 0 Å². The summed E-state index contributed by atoms with van der Waals surface area (Å²) in [4.78, 5) is 0. The Kier molecular flexibility index (Phi) is 5.41. The summed E-state index contributed by atoms with van der Waals surface area (Å²) in [5.74, 6) is 0.633. The molecule has 1 saturated carbocycles. The minimum absolute atomic E-state index is 0.633. The Balaban J connectivity index is 1.70. The van der Waals surface area contributed by atoms with Crippen LogP contribution in [0, 0.1) is 32.1 Å². The van der Waals surface area contributed by atoms with Crippen molar-refractivity contribution in [2.45, 2.75) is 52.4 Å². The van der Waals surface area contributed by atoms with E-state index in [-0.39, 0.29) is 0 Å². The molecule has 2 heterocycles. The van der Waals surface area contributed by atoms with Crippen LogP contribution in [0.4, 0.5) is 0 Å². The van der Waals surface area contributed by atoms with Gasteiger partial charge in [0.15, 0.2) is 5.69 Å². The van der Waals surface area contributed by atoms with Crippen molar-refractivity contribution in [3.63, 3.8) is 0 Å². The minimum Gasteiger partial charge on any atom is -0.454 e. The molecule has 0 saturated heterocycles. The maximum Gasteiger partial charge on any atom is 0.216 e. The first-order valence-corrected chi connectivity index (χ1v) is 12.9. The van der Waals surface area contributed by atoms with Crippen molar-refractivity contribution in [2.24, 2.45) is 7.05 Å². The van der Waals surface area contributed by atoms with E-state index in [1.807, 2.05) is 30.3 Å². The molecule has 1 aliphatic carbocycles. The van der Waals surface area contributed by atoms with E-state index in [0.29, 0.717) is 11.5 Å². The smallest absolute Gasteiger partial charge is 0.216 e. The number of nitrogens with zero attached hydrogens (tertiary/aromatic N) is 2. The molecule has 36 heavy (non-hydrogen) atoms. The molecule has 3 heteroatoms. The largest absolute Gasteiger partial charge is 0.454 e. The fourth-order valence-corrected chi connectivity index (χ4v) is 6.19. The summed E-state index contributed by atoms with van der Waals surface area (Å²) in [6, 6.07) is 23.3. The van der Waals surface area contributed by atoms with Gasteiger partial charge in [-0.05, 0) is 61.4 Å². The number of rotatable bonds is 3. The summed E-state index contributed by atoms with van der Waals surface area (Å²) >= 11 is 0. The second-order valence-electron chi connectivity index (χ2n) is 10.3. The van der Waals surface area contributed by atoms with Gasteiger partial charge in [0.05, 0.1) is 17.2 Å². The van der Waals surface area contributed by atoms with Gasteiger partial charge in [-0.25, -0.2) is 0 Å². The van der Waals surface area contributed by atoms with Crippen LogP contribution < -0.4 is 4.57 Å². The van der Waals surface area contributed by atoms with Gasteiger partial charge in [0.1, 0.15) is 18.2 Å². The molecule has 5 aromatic rings. The summed E-state index contributed by atoms with van der Waals surface area (Å²) < 4.78 is 9.08. The Morgan fingerprint density at radius 2 is 1.67 bits per heavy atom. The second-order valence-corrected chi connectivity index (χ2v) is 10.3. The first kappa shape index (κ1) is 22.6. The van der Waals surface area contributed by atoms with E-state index < -0.39 is 0 Å². The molecule has 0 radical (unpaired) electrons. The number of nitriles is 1. The average Bonchev–Trinajstić information content (AvgIpc) is 3.57. The van der Waals surface area contributed by atoms with Gasteiger partial charge in [0.2, 0.25) is 5.69 Å². The van der Waals surface area contributed by atoms with E-state index in [0.717, 1.165) is 38.6 Å². The number of pyridine rings is 1. The predicted molar refractivity (Wildman–Crippen MR) is 146 cm³/mol. The lowest BCUT2D eigenvalue weighted by molar-refractivity contribution is -0.667. The third-order valence-corrected chi connectivity index (χ3v) is 8.39. The molecule has 6 rings (SSSR count). The average molecular weight is 472 g/mol. The zero-order valence-corrected chi connectivity index (χ0v) is 21.5. The topological polar surface area (TPSA) is 40.8 Å². The van der Waals surface area contributed by atoms with E-state index >= 15 is 0 Å². The van der Waals surface area contributed by atoms with Crippen LogP contribution in [-0.4, -0.2) is 0 Å². The van der Waals surface area contributed by atoms with E-state index in [4.69, 9.17) is 4.42 Å². The molecule has 178 valence electrons.